The Labute approximate surface area is 84.9 Å². The molecule has 0 amide bonds. The predicted octanol–water partition coefficient (Wildman–Crippen LogP) is 2.93. The fraction of sp³-hybridized carbons (Fsp3) is 0.417. The second kappa shape index (κ2) is 4.27. The van der Waals surface area contributed by atoms with E-state index in [1.807, 2.05) is 26.0 Å². The van der Waals surface area contributed by atoms with Gasteiger partial charge < -0.3 is 4.74 Å². The topological polar surface area (TPSA) is 26.3 Å². The molecule has 0 bridgehead atoms. The van der Waals surface area contributed by atoms with E-state index in [-0.39, 0.29) is 12.1 Å². The van der Waals surface area contributed by atoms with Crippen LogP contribution in [0.3, 0.4) is 0 Å². The minimum absolute atomic E-state index is 0.160. The zero-order chi connectivity index (χ0) is 10.7. The highest BCUT2D eigenvalue weighted by Gasteiger charge is 2.11. The predicted molar refractivity (Wildman–Crippen MR) is 56.1 cm³/mol. The Balaban J connectivity index is 2.95. The van der Waals surface area contributed by atoms with Gasteiger partial charge in [-0.25, -0.2) is 0 Å². The molecule has 0 saturated carbocycles. The zero-order valence-corrected chi connectivity index (χ0v) is 9.13. The average molecular weight is 192 g/mol. The maximum Gasteiger partial charge on any atom is 0.303 e. The molecule has 1 rings (SSSR count). The number of benzene rings is 1. The van der Waals surface area contributed by atoms with Crippen LogP contribution in [-0.4, -0.2) is 5.97 Å². The lowest BCUT2D eigenvalue weighted by Gasteiger charge is -2.15. The molecule has 0 heterocycles. The van der Waals surface area contributed by atoms with Gasteiger partial charge in [0.25, 0.3) is 0 Å². The summed E-state index contributed by atoms with van der Waals surface area (Å²) in [4.78, 5) is 10.8. The van der Waals surface area contributed by atoms with E-state index in [9.17, 15) is 4.79 Å². The monoisotopic (exact) mass is 192 g/mol. The van der Waals surface area contributed by atoms with Gasteiger partial charge in [0.15, 0.2) is 0 Å². The van der Waals surface area contributed by atoms with Crippen LogP contribution in [0.2, 0.25) is 0 Å². The first kappa shape index (κ1) is 10.8. The molecule has 0 aliphatic heterocycles. The van der Waals surface area contributed by atoms with Crippen molar-refractivity contribution in [3.8, 4) is 0 Å². The Morgan fingerprint density at radius 2 is 2.00 bits per heavy atom. The van der Waals surface area contributed by atoms with Crippen LogP contribution in [0.25, 0.3) is 0 Å². The number of hydrogen-bond acceptors (Lipinski definition) is 2. The maximum absolute atomic E-state index is 10.8. The van der Waals surface area contributed by atoms with Crippen LogP contribution >= 0.6 is 0 Å². The van der Waals surface area contributed by atoms with Gasteiger partial charge in [0, 0.05) is 6.92 Å². The SMILES string of the molecule is CC(=O)OC(C)c1cccc(C)c1C. The molecule has 1 aromatic rings. The smallest absolute Gasteiger partial charge is 0.303 e. The van der Waals surface area contributed by atoms with Gasteiger partial charge in [-0.3, -0.25) is 4.79 Å². The molecule has 14 heavy (non-hydrogen) atoms. The third-order valence-electron chi connectivity index (χ3n) is 2.43. The Morgan fingerprint density at radius 1 is 1.36 bits per heavy atom. The summed E-state index contributed by atoms with van der Waals surface area (Å²) in [5.74, 6) is -0.238. The van der Waals surface area contributed by atoms with Crippen molar-refractivity contribution in [3.63, 3.8) is 0 Å². The summed E-state index contributed by atoms with van der Waals surface area (Å²) in [6, 6.07) is 6.03. The summed E-state index contributed by atoms with van der Waals surface area (Å²) in [6.45, 7) is 7.43. The van der Waals surface area contributed by atoms with Gasteiger partial charge in [-0.05, 0) is 37.5 Å². The fourth-order valence-electron chi connectivity index (χ4n) is 1.53. The zero-order valence-electron chi connectivity index (χ0n) is 9.13. The van der Waals surface area contributed by atoms with E-state index in [0.29, 0.717) is 0 Å². The second-order valence-corrected chi connectivity index (χ2v) is 3.54. The molecule has 0 spiro atoms. The molecule has 0 N–H and O–H groups in total. The van der Waals surface area contributed by atoms with Crippen molar-refractivity contribution in [1.29, 1.82) is 0 Å². The first-order chi connectivity index (χ1) is 6.52. The molecule has 1 unspecified atom stereocenters. The van der Waals surface area contributed by atoms with Crippen LogP contribution in [0.4, 0.5) is 0 Å². The molecule has 0 aliphatic carbocycles. The molecule has 76 valence electrons. The Hall–Kier alpha value is -1.31. The molecule has 0 aliphatic rings. The first-order valence-corrected chi connectivity index (χ1v) is 4.75. The highest BCUT2D eigenvalue weighted by molar-refractivity contribution is 5.66. The first-order valence-electron chi connectivity index (χ1n) is 4.75. The highest BCUT2D eigenvalue weighted by atomic mass is 16.5. The molecule has 0 radical (unpaired) electrons. The molecule has 1 atom stereocenters. The molecular formula is C12H16O2. The molecule has 1 aromatic carbocycles. The van der Waals surface area contributed by atoms with Crippen molar-refractivity contribution in [1.82, 2.24) is 0 Å². The van der Waals surface area contributed by atoms with Crippen molar-refractivity contribution < 1.29 is 9.53 Å². The number of ether oxygens (including phenoxy) is 1. The van der Waals surface area contributed by atoms with Crippen LogP contribution in [0.5, 0.6) is 0 Å². The largest absolute Gasteiger partial charge is 0.458 e. The van der Waals surface area contributed by atoms with Gasteiger partial charge in [0.1, 0.15) is 6.10 Å². The van der Waals surface area contributed by atoms with Crippen LogP contribution in [0.1, 0.15) is 36.6 Å². The van der Waals surface area contributed by atoms with E-state index >= 15 is 0 Å². The van der Waals surface area contributed by atoms with Crippen LogP contribution < -0.4 is 0 Å². The number of esters is 1. The number of aryl methyl sites for hydroxylation is 1. The standard InChI is InChI=1S/C12H16O2/c1-8-6-5-7-12(9(8)2)10(3)14-11(4)13/h5-7,10H,1-4H3. The van der Waals surface area contributed by atoms with E-state index in [0.717, 1.165) is 5.56 Å². The van der Waals surface area contributed by atoms with Crippen molar-refractivity contribution in [3.05, 3.63) is 34.9 Å². The third-order valence-corrected chi connectivity index (χ3v) is 2.43. The Kier molecular flexibility index (Phi) is 3.28. The van der Waals surface area contributed by atoms with Crippen LogP contribution in [-0.2, 0) is 9.53 Å². The lowest BCUT2D eigenvalue weighted by Crippen LogP contribution is -2.06. The number of carbonyl (C=O) groups is 1. The average Bonchev–Trinajstić information content (AvgIpc) is 2.08. The normalized spacial score (nSPS) is 12.3. The van der Waals surface area contributed by atoms with E-state index in [4.69, 9.17) is 4.74 Å². The molecule has 0 saturated heterocycles. The van der Waals surface area contributed by atoms with E-state index in [1.54, 1.807) is 0 Å². The summed E-state index contributed by atoms with van der Waals surface area (Å²) in [5.41, 5.74) is 3.50. The molecule has 0 fully saturated rings. The van der Waals surface area contributed by atoms with E-state index < -0.39 is 0 Å². The van der Waals surface area contributed by atoms with E-state index in [1.165, 1.54) is 18.1 Å². The van der Waals surface area contributed by atoms with Gasteiger partial charge in [-0.1, -0.05) is 18.2 Å². The molecule has 2 heteroatoms. The lowest BCUT2D eigenvalue weighted by atomic mass is 10.00. The van der Waals surface area contributed by atoms with Gasteiger partial charge in [-0.2, -0.15) is 0 Å². The maximum atomic E-state index is 10.8. The summed E-state index contributed by atoms with van der Waals surface area (Å²) in [5, 5.41) is 0. The summed E-state index contributed by atoms with van der Waals surface area (Å²) < 4.78 is 5.13. The number of rotatable bonds is 2. The molecule has 2 nitrogen and oxygen atoms in total. The summed E-state index contributed by atoms with van der Waals surface area (Å²) >= 11 is 0. The van der Waals surface area contributed by atoms with Crippen LogP contribution in [0.15, 0.2) is 18.2 Å². The number of carbonyl (C=O) groups excluding carboxylic acids is 1. The highest BCUT2D eigenvalue weighted by Crippen LogP contribution is 2.22. The number of hydrogen-bond donors (Lipinski definition) is 0. The van der Waals surface area contributed by atoms with Crippen molar-refractivity contribution in [2.75, 3.05) is 0 Å². The third kappa shape index (κ3) is 2.34. The van der Waals surface area contributed by atoms with Crippen molar-refractivity contribution >= 4 is 5.97 Å². The summed E-state index contributed by atoms with van der Waals surface area (Å²) in [7, 11) is 0. The molecular weight excluding hydrogens is 176 g/mol. The summed E-state index contributed by atoms with van der Waals surface area (Å²) in [6.07, 6.45) is -0.160. The van der Waals surface area contributed by atoms with E-state index in [2.05, 4.69) is 13.0 Å². The molecule has 0 aromatic heterocycles. The van der Waals surface area contributed by atoms with Gasteiger partial charge >= 0.3 is 5.97 Å². The van der Waals surface area contributed by atoms with Gasteiger partial charge in [0.05, 0.1) is 0 Å². The fourth-order valence-corrected chi connectivity index (χ4v) is 1.53. The van der Waals surface area contributed by atoms with Crippen LogP contribution in [0, 0.1) is 13.8 Å². The lowest BCUT2D eigenvalue weighted by molar-refractivity contribution is -0.145. The Morgan fingerprint density at radius 3 is 2.57 bits per heavy atom. The van der Waals surface area contributed by atoms with Crippen molar-refractivity contribution in [2.24, 2.45) is 0 Å². The second-order valence-electron chi connectivity index (χ2n) is 3.54. The van der Waals surface area contributed by atoms with Gasteiger partial charge in [-0.15, -0.1) is 0 Å². The minimum Gasteiger partial charge on any atom is -0.458 e. The van der Waals surface area contributed by atoms with Crippen molar-refractivity contribution in [2.45, 2.75) is 33.8 Å². The minimum atomic E-state index is -0.238. The van der Waals surface area contributed by atoms with Gasteiger partial charge in [0.2, 0.25) is 0 Å². The quantitative estimate of drug-likeness (QED) is 0.673. The Bertz CT molecular complexity index is 342.